The molecular formula is C13H18N2O4S. The van der Waals surface area contributed by atoms with E-state index in [1.54, 1.807) is 25.3 Å². The minimum Gasteiger partial charge on any atom is -0.497 e. The van der Waals surface area contributed by atoms with Gasteiger partial charge < -0.3 is 19.5 Å². The van der Waals surface area contributed by atoms with Gasteiger partial charge in [-0.15, -0.1) is 0 Å². The molecule has 0 aliphatic heterocycles. The molecule has 0 atom stereocenters. The molecule has 110 valence electrons. The van der Waals surface area contributed by atoms with Gasteiger partial charge >= 0.3 is 0 Å². The van der Waals surface area contributed by atoms with Crippen LogP contribution in [-0.2, 0) is 4.74 Å². The maximum atomic E-state index is 12.0. The number of benzene rings is 1. The smallest absolute Gasteiger partial charge is 0.257 e. The van der Waals surface area contributed by atoms with Crippen molar-refractivity contribution in [2.75, 3.05) is 34.5 Å². The maximum absolute atomic E-state index is 12.0. The Morgan fingerprint density at radius 3 is 2.25 bits per heavy atom. The Hall–Kier alpha value is -1.86. The topological polar surface area (TPSA) is 68.8 Å². The number of hydrogen-bond acceptors (Lipinski definition) is 5. The highest BCUT2D eigenvalue weighted by Crippen LogP contribution is 2.22. The first-order chi connectivity index (χ1) is 9.60. The van der Waals surface area contributed by atoms with Gasteiger partial charge in [0.15, 0.2) is 5.11 Å². The molecule has 1 rings (SSSR count). The zero-order chi connectivity index (χ0) is 15.0. The quantitative estimate of drug-likeness (QED) is 0.602. The van der Waals surface area contributed by atoms with E-state index in [1.165, 1.54) is 14.2 Å². The van der Waals surface area contributed by atoms with Crippen LogP contribution in [0, 0.1) is 0 Å². The lowest BCUT2D eigenvalue weighted by molar-refractivity contribution is 0.0975. The van der Waals surface area contributed by atoms with Gasteiger partial charge in [-0.05, 0) is 24.4 Å². The van der Waals surface area contributed by atoms with Crippen LogP contribution in [0.1, 0.15) is 10.4 Å². The molecule has 1 aromatic carbocycles. The second-order valence-electron chi connectivity index (χ2n) is 3.80. The third-order valence-corrected chi connectivity index (χ3v) is 2.68. The average molecular weight is 298 g/mol. The van der Waals surface area contributed by atoms with Crippen LogP contribution in [0.15, 0.2) is 18.2 Å². The molecule has 0 fully saturated rings. The van der Waals surface area contributed by atoms with Gasteiger partial charge in [0.1, 0.15) is 11.5 Å². The number of methoxy groups -OCH3 is 3. The Kier molecular flexibility index (Phi) is 6.75. The van der Waals surface area contributed by atoms with Gasteiger partial charge in [-0.1, -0.05) is 0 Å². The minimum absolute atomic E-state index is 0.244. The Labute approximate surface area is 123 Å². The summed E-state index contributed by atoms with van der Waals surface area (Å²) < 4.78 is 15.1. The summed E-state index contributed by atoms with van der Waals surface area (Å²) in [6.45, 7) is 1.03. The standard InChI is InChI=1S/C13H18N2O4S/c1-17-5-4-14-13(20)15-12(16)9-6-10(18-2)8-11(7-9)19-3/h6-8H,4-5H2,1-3H3,(H2,14,15,16,20). The van der Waals surface area contributed by atoms with Crippen LogP contribution in [0.5, 0.6) is 11.5 Å². The van der Waals surface area contributed by atoms with Gasteiger partial charge in [0, 0.05) is 25.3 Å². The van der Waals surface area contributed by atoms with E-state index < -0.39 is 0 Å². The van der Waals surface area contributed by atoms with Crippen molar-refractivity contribution in [3.8, 4) is 11.5 Å². The molecule has 0 aromatic heterocycles. The predicted molar refractivity (Wildman–Crippen MR) is 79.5 cm³/mol. The number of ether oxygens (including phenoxy) is 3. The molecule has 1 aromatic rings. The van der Waals surface area contributed by atoms with Crippen molar-refractivity contribution in [1.82, 2.24) is 10.6 Å². The summed E-state index contributed by atoms with van der Waals surface area (Å²) in [6, 6.07) is 4.90. The molecule has 20 heavy (non-hydrogen) atoms. The number of nitrogens with one attached hydrogen (secondary N) is 2. The molecule has 0 bridgehead atoms. The van der Waals surface area contributed by atoms with Crippen molar-refractivity contribution in [2.24, 2.45) is 0 Å². The lowest BCUT2D eigenvalue weighted by Crippen LogP contribution is -2.40. The lowest BCUT2D eigenvalue weighted by Gasteiger charge is -2.11. The molecule has 2 N–H and O–H groups in total. The van der Waals surface area contributed by atoms with E-state index in [0.29, 0.717) is 30.2 Å². The number of carbonyl (C=O) groups excluding carboxylic acids is 1. The zero-order valence-electron chi connectivity index (χ0n) is 11.7. The fourth-order valence-corrected chi connectivity index (χ4v) is 1.62. The fraction of sp³-hybridized carbons (Fsp3) is 0.385. The van der Waals surface area contributed by atoms with E-state index >= 15 is 0 Å². The van der Waals surface area contributed by atoms with Gasteiger partial charge in [0.2, 0.25) is 0 Å². The molecule has 1 amide bonds. The van der Waals surface area contributed by atoms with Gasteiger partial charge in [-0.2, -0.15) is 0 Å². The van der Waals surface area contributed by atoms with E-state index in [9.17, 15) is 4.79 Å². The van der Waals surface area contributed by atoms with Gasteiger partial charge in [-0.3, -0.25) is 10.1 Å². The SMILES string of the molecule is COCCNC(=S)NC(=O)c1cc(OC)cc(OC)c1. The summed E-state index contributed by atoms with van der Waals surface area (Å²) in [5.74, 6) is 0.734. The molecule has 0 aliphatic carbocycles. The van der Waals surface area contributed by atoms with Crippen molar-refractivity contribution < 1.29 is 19.0 Å². The molecule has 0 heterocycles. The van der Waals surface area contributed by atoms with Gasteiger partial charge in [0.05, 0.1) is 20.8 Å². The molecular weight excluding hydrogens is 280 g/mol. The monoisotopic (exact) mass is 298 g/mol. The summed E-state index contributed by atoms with van der Waals surface area (Å²) in [7, 11) is 4.63. The van der Waals surface area contributed by atoms with Crippen LogP contribution in [0.25, 0.3) is 0 Å². The van der Waals surface area contributed by atoms with Crippen LogP contribution >= 0.6 is 12.2 Å². The third kappa shape index (κ3) is 5.02. The van der Waals surface area contributed by atoms with Crippen LogP contribution in [0.4, 0.5) is 0 Å². The molecule has 0 saturated heterocycles. The highest BCUT2D eigenvalue weighted by molar-refractivity contribution is 7.80. The first kappa shape index (κ1) is 16.2. The summed E-state index contributed by atoms with van der Waals surface area (Å²) in [4.78, 5) is 12.0. The summed E-state index contributed by atoms with van der Waals surface area (Å²) in [6.07, 6.45) is 0. The molecule has 0 saturated carbocycles. The van der Waals surface area contributed by atoms with Crippen molar-refractivity contribution in [1.29, 1.82) is 0 Å². The van der Waals surface area contributed by atoms with E-state index in [2.05, 4.69) is 10.6 Å². The largest absolute Gasteiger partial charge is 0.497 e. The van der Waals surface area contributed by atoms with Crippen LogP contribution in [0.2, 0.25) is 0 Å². The summed E-state index contributed by atoms with van der Waals surface area (Å²) >= 11 is 5.00. The Morgan fingerprint density at radius 2 is 1.75 bits per heavy atom. The molecule has 0 spiro atoms. The van der Waals surface area contributed by atoms with Crippen molar-refractivity contribution >= 4 is 23.2 Å². The average Bonchev–Trinajstić information content (AvgIpc) is 2.46. The van der Waals surface area contributed by atoms with Crippen molar-refractivity contribution in [3.05, 3.63) is 23.8 Å². The van der Waals surface area contributed by atoms with E-state index in [0.717, 1.165) is 0 Å². The van der Waals surface area contributed by atoms with Crippen LogP contribution in [0.3, 0.4) is 0 Å². The minimum atomic E-state index is -0.336. The molecule has 0 radical (unpaired) electrons. The van der Waals surface area contributed by atoms with Crippen LogP contribution < -0.4 is 20.1 Å². The predicted octanol–water partition coefficient (Wildman–Crippen LogP) is 0.954. The normalized spacial score (nSPS) is 9.75. The highest BCUT2D eigenvalue weighted by Gasteiger charge is 2.11. The van der Waals surface area contributed by atoms with Gasteiger partial charge in [0.25, 0.3) is 5.91 Å². The van der Waals surface area contributed by atoms with E-state index in [-0.39, 0.29) is 11.0 Å². The molecule has 6 nitrogen and oxygen atoms in total. The highest BCUT2D eigenvalue weighted by atomic mass is 32.1. The Bertz CT molecular complexity index is 457. The van der Waals surface area contributed by atoms with E-state index in [4.69, 9.17) is 26.4 Å². The molecule has 0 unspecified atom stereocenters. The number of amides is 1. The molecule has 0 aliphatic rings. The third-order valence-electron chi connectivity index (χ3n) is 2.43. The Balaban J connectivity index is 2.69. The number of rotatable bonds is 6. The lowest BCUT2D eigenvalue weighted by atomic mass is 10.2. The van der Waals surface area contributed by atoms with Gasteiger partial charge in [-0.25, -0.2) is 0 Å². The second-order valence-corrected chi connectivity index (χ2v) is 4.21. The number of thiocarbonyl (C=S) groups is 1. The summed E-state index contributed by atoms with van der Waals surface area (Å²) in [5.41, 5.74) is 0.400. The van der Waals surface area contributed by atoms with Crippen LogP contribution in [-0.4, -0.2) is 45.5 Å². The zero-order valence-corrected chi connectivity index (χ0v) is 12.5. The van der Waals surface area contributed by atoms with E-state index in [1.807, 2.05) is 0 Å². The van der Waals surface area contributed by atoms with Crippen molar-refractivity contribution in [2.45, 2.75) is 0 Å². The first-order valence-electron chi connectivity index (χ1n) is 5.92. The summed E-state index contributed by atoms with van der Waals surface area (Å²) in [5, 5.41) is 5.67. The fourth-order valence-electron chi connectivity index (χ4n) is 1.42. The first-order valence-corrected chi connectivity index (χ1v) is 6.32. The Morgan fingerprint density at radius 1 is 1.15 bits per heavy atom. The maximum Gasteiger partial charge on any atom is 0.257 e. The second kappa shape index (κ2) is 8.34. The number of hydrogen-bond donors (Lipinski definition) is 2. The molecule has 7 heteroatoms. The number of carbonyl (C=O) groups is 1. The van der Waals surface area contributed by atoms with Crippen molar-refractivity contribution in [3.63, 3.8) is 0 Å².